The third-order valence-corrected chi connectivity index (χ3v) is 23.9. The quantitative estimate of drug-likeness (QED) is 0.0688. The highest BCUT2D eigenvalue weighted by Crippen LogP contribution is 2.65. The summed E-state index contributed by atoms with van der Waals surface area (Å²) >= 11 is 0. The predicted molar refractivity (Wildman–Crippen MR) is 401 cm³/mol. The van der Waals surface area contributed by atoms with Crippen LogP contribution in [0, 0.1) is 138 Å². The summed E-state index contributed by atoms with van der Waals surface area (Å²) in [6, 6.07) is 40.9. The van der Waals surface area contributed by atoms with Crippen LogP contribution >= 0.6 is 0 Å². The normalized spacial score (nSPS) is 12.3. The lowest BCUT2D eigenvalue weighted by Crippen LogP contribution is -2.05. The van der Waals surface area contributed by atoms with E-state index in [2.05, 4.69) is 249 Å². The van der Waals surface area contributed by atoms with Gasteiger partial charge < -0.3 is 0 Å². The lowest BCUT2D eigenvalue weighted by Gasteiger charge is -2.30. The van der Waals surface area contributed by atoms with Crippen molar-refractivity contribution in [3.05, 3.63) is 220 Å². The third-order valence-electron chi connectivity index (χ3n) is 23.9. The van der Waals surface area contributed by atoms with Crippen LogP contribution in [0.15, 0.2) is 103 Å². The van der Waals surface area contributed by atoms with Gasteiger partial charge in [-0.05, 0) is 400 Å². The van der Waals surface area contributed by atoms with Gasteiger partial charge in [0, 0.05) is 0 Å². The largest absolute Gasteiger partial charge is 0.0654 e. The molecule has 456 valence electrons. The van der Waals surface area contributed by atoms with Crippen molar-refractivity contribution in [2.45, 2.75) is 184 Å². The molecule has 0 saturated heterocycles. The zero-order chi connectivity index (χ0) is 64.4. The Morgan fingerprint density at radius 2 is 0.505 bits per heavy atom. The maximum absolute atomic E-state index is 2.65. The van der Waals surface area contributed by atoms with Crippen LogP contribution in [-0.2, 0) is 6.42 Å². The van der Waals surface area contributed by atoms with E-state index in [9.17, 15) is 0 Å². The Hall–Kier alpha value is -8.32. The molecule has 0 spiro atoms. The number of rotatable bonds is 11. The van der Waals surface area contributed by atoms with Crippen LogP contribution in [0.25, 0.3) is 143 Å². The van der Waals surface area contributed by atoms with E-state index in [0.717, 1.165) is 6.42 Å². The van der Waals surface area contributed by atoms with Crippen molar-refractivity contribution in [3.8, 4) is 77.9 Å². The fourth-order valence-corrected chi connectivity index (χ4v) is 17.5. The summed E-state index contributed by atoms with van der Waals surface area (Å²) in [6.07, 6.45) is 7.54. The fourth-order valence-electron chi connectivity index (χ4n) is 17.5. The Balaban J connectivity index is 1.19. The smallest absolute Gasteiger partial charge is 0.000443 e. The second-order valence-corrected chi connectivity index (χ2v) is 28.6. The Bertz CT molecular complexity index is 5130. The third kappa shape index (κ3) is 8.52. The van der Waals surface area contributed by atoms with Gasteiger partial charge in [0.2, 0.25) is 0 Å². The molecule has 14 rings (SSSR count). The van der Waals surface area contributed by atoms with E-state index >= 15 is 0 Å². The molecule has 1 aliphatic rings. The topological polar surface area (TPSA) is 0 Å². The highest BCUT2D eigenvalue weighted by Gasteiger charge is 2.39. The maximum atomic E-state index is 2.65. The summed E-state index contributed by atoms with van der Waals surface area (Å²) in [5, 5.41) is 16.9. The molecule has 0 unspecified atom stereocenters. The first-order chi connectivity index (χ1) is 43.5. The summed E-state index contributed by atoms with van der Waals surface area (Å²) in [5.74, 6) is 0. The van der Waals surface area contributed by atoms with Gasteiger partial charge in [-0.3, -0.25) is 0 Å². The molecule has 0 aromatic heterocycles. The molecule has 0 fully saturated rings. The van der Waals surface area contributed by atoms with E-state index in [-0.39, 0.29) is 0 Å². The standard InChI is InChI=1S/C91H92/c1-22-23-24-25-26-27-65-34-42-67(43-35-65)84-71(44-70(66-36-28-45(2)29-37-66)72-53(10)48(5)49(6)54(11)74(72)84)73-59(16)60(17)79-81-62(19)64(21)83-89-82(63(20)61(18)80(88(81)89)78-58(15)52(9)57(14)75(73)87(78)79)90-85(68-38-30-46(3)31-39-68)76-55(12)50(7)51(8)56(13)77(76)86(91(83)90)69-40-32-47(4)33-41-69/h28-44H,22-27H2,1-21H3. The molecule has 0 N–H and O–H groups in total. The number of aryl methyl sites for hydroxylation is 13. The fraction of sp³-hybridized carbons (Fsp3) is 0.297. The molecule has 0 aliphatic heterocycles. The second kappa shape index (κ2) is 21.9. The molecule has 1 aliphatic carbocycles. The molecule has 0 nitrogen and oxygen atoms in total. The number of hydrogen-bond acceptors (Lipinski definition) is 0. The van der Waals surface area contributed by atoms with Gasteiger partial charge in [-0.2, -0.15) is 0 Å². The summed E-state index contributed by atoms with van der Waals surface area (Å²) in [5.41, 5.74) is 47.7. The molecule has 0 radical (unpaired) electrons. The van der Waals surface area contributed by atoms with Crippen LogP contribution in [0.4, 0.5) is 0 Å². The summed E-state index contributed by atoms with van der Waals surface area (Å²) in [6.45, 7) is 50.3. The van der Waals surface area contributed by atoms with Crippen LogP contribution in [0.2, 0.25) is 0 Å². The molecule has 0 heterocycles. The first-order valence-corrected chi connectivity index (χ1v) is 34.2. The van der Waals surface area contributed by atoms with Crippen molar-refractivity contribution in [1.29, 1.82) is 0 Å². The van der Waals surface area contributed by atoms with Gasteiger partial charge in [-0.1, -0.05) is 146 Å². The molecular formula is C91H92. The first kappa shape index (κ1) is 60.3. The molecule has 0 bridgehead atoms. The molecular weight excluding hydrogens is 1090 g/mol. The lowest BCUT2D eigenvalue weighted by atomic mass is 9.73. The van der Waals surface area contributed by atoms with Crippen molar-refractivity contribution in [1.82, 2.24) is 0 Å². The minimum Gasteiger partial charge on any atom is -0.0654 e. The number of fused-ring (bicyclic) bond motifs is 7. The zero-order valence-corrected chi connectivity index (χ0v) is 58.6. The highest BCUT2D eigenvalue weighted by molar-refractivity contribution is 6.43. The molecule has 91 heavy (non-hydrogen) atoms. The molecule has 0 amide bonds. The van der Waals surface area contributed by atoms with E-state index in [1.54, 1.807) is 0 Å². The minimum atomic E-state index is 1.11. The average molecular weight is 1190 g/mol. The number of unbranched alkanes of at least 4 members (excludes halogenated alkanes) is 4. The van der Waals surface area contributed by atoms with Gasteiger partial charge in [0.1, 0.15) is 0 Å². The Labute approximate surface area is 543 Å². The Morgan fingerprint density at radius 3 is 0.934 bits per heavy atom. The highest BCUT2D eigenvalue weighted by atomic mass is 14.4. The van der Waals surface area contributed by atoms with Crippen molar-refractivity contribution in [2.24, 2.45) is 0 Å². The van der Waals surface area contributed by atoms with Gasteiger partial charge in [0.05, 0.1) is 0 Å². The van der Waals surface area contributed by atoms with E-state index in [1.807, 2.05) is 0 Å². The van der Waals surface area contributed by atoms with Crippen LogP contribution in [0.3, 0.4) is 0 Å². The van der Waals surface area contributed by atoms with Crippen LogP contribution in [0.5, 0.6) is 0 Å². The van der Waals surface area contributed by atoms with Crippen molar-refractivity contribution >= 4 is 64.6 Å². The summed E-state index contributed by atoms with van der Waals surface area (Å²) in [4.78, 5) is 0. The Morgan fingerprint density at radius 1 is 0.198 bits per heavy atom. The van der Waals surface area contributed by atoms with E-state index in [1.165, 1.54) is 291 Å². The monoisotopic (exact) mass is 1180 g/mol. The van der Waals surface area contributed by atoms with Crippen molar-refractivity contribution < 1.29 is 0 Å². The molecule has 0 heteroatoms. The maximum Gasteiger partial charge on any atom is -0.000443 e. The van der Waals surface area contributed by atoms with Crippen LogP contribution in [-0.4, -0.2) is 0 Å². The van der Waals surface area contributed by atoms with E-state index in [0.29, 0.717) is 0 Å². The Kier molecular flexibility index (Phi) is 14.5. The van der Waals surface area contributed by atoms with Crippen molar-refractivity contribution in [3.63, 3.8) is 0 Å². The molecule has 13 aromatic rings. The van der Waals surface area contributed by atoms with Crippen LogP contribution < -0.4 is 0 Å². The summed E-state index contributed by atoms with van der Waals surface area (Å²) < 4.78 is 0. The van der Waals surface area contributed by atoms with Gasteiger partial charge in [-0.25, -0.2) is 0 Å². The van der Waals surface area contributed by atoms with Gasteiger partial charge >= 0.3 is 0 Å². The number of hydrogen-bond donors (Lipinski definition) is 0. The molecule has 0 saturated carbocycles. The first-order valence-electron chi connectivity index (χ1n) is 34.2. The van der Waals surface area contributed by atoms with Gasteiger partial charge in [0.25, 0.3) is 0 Å². The SMILES string of the molecule is CCCCCCCc1ccc(-c2c(-c3c(C)c(C)c4c5c(C)c(C)c6c7c(c(C)c(C)c(c8c(C)c(C)c(C)c3c84)c75)-c3c-6c(-c4ccc(C)cc4)c4c(C)c(C)c(C)c(C)c4c3-c3ccc(C)cc3)cc(-c3ccc(C)cc3)c3c(C)c(C)c(C)c(C)c23)cc1. The van der Waals surface area contributed by atoms with Crippen molar-refractivity contribution in [2.75, 3.05) is 0 Å². The van der Waals surface area contributed by atoms with Gasteiger partial charge in [-0.15, -0.1) is 0 Å². The lowest BCUT2D eigenvalue weighted by molar-refractivity contribution is 0.632. The summed E-state index contributed by atoms with van der Waals surface area (Å²) in [7, 11) is 0. The zero-order valence-electron chi connectivity index (χ0n) is 58.6. The van der Waals surface area contributed by atoms with E-state index < -0.39 is 0 Å². The minimum absolute atomic E-state index is 1.11. The average Bonchev–Trinajstić information content (AvgIpc) is 1.61. The molecule has 0 atom stereocenters. The predicted octanol–water partition coefficient (Wildman–Crippen LogP) is 26.7. The number of benzene rings is 13. The second-order valence-electron chi connectivity index (χ2n) is 28.6. The molecule has 13 aromatic carbocycles. The van der Waals surface area contributed by atoms with E-state index in [4.69, 9.17) is 0 Å². The van der Waals surface area contributed by atoms with Gasteiger partial charge in [0.15, 0.2) is 0 Å². The van der Waals surface area contributed by atoms with Crippen LogP contribution in [0.1, 0.15) is 156 Å².